The minimum absolute atomic E-state index is 0.503. The maximum atomic E-state index is 4.51. The molecular weight excluding hydrogens is 250 g/mol. The van der Waals surface area contributed by atoms with Crippen molar-refractivity contribution in [3.8, 4) is 0 Å². The third-order valence-corrected chi connectivity index (χ3v) is 3.86. The van der Waals surface area contributed by atoms with Gasteiger partial charge in [-0.15, -0.1) is 0 Å². The molecule has 1 aliphatic rings. The van der Waals surface area contributed by atoms with Crippen LogP contribution in [-0.4, -0.2) is 35.4 Å². The highest BCUT2D eigenvalue weighted by Gasteiger charge is 2.33. The lowest BCUT2D eigenvalue weighted by molar-refractivity contribution is 0.435. The molecule has 112 valence electrons. The van der Waals surface area contributed by atoms with E-state index in [0.29, 0.717) is 12.0 Å². The van der Waals surface area contributed by atoms with Gasteiger partial charge in [0, 0.05) is 31.9 Å². The van der Waals surface area contributed by atoms with Crippen molar-refractivity contribution in [3.05, 3.63) is 17.5 Å². The van der Waals surface area contributed by atoms with Gasteiger partial charge in [0.15, 0.2) is 5.96 Å². The SMILES string of the molecule is CN=C(NCC(C)Cn1nc(C)cc1C)NC1CC1C. The van der Waals surface area contributed by atoms with Crippen LogP contribution in [0, 0.1) is 25.7 Å². The van der Waals surface area contributed by atoms with E-state index in [1.54, 1.807) is 0 Å². The minimum Gasteiger partial charge on any atom is -0.356 e. The smallest absolute Gasteiger partial charge is 0.191 e. The Kier molecular flexibility index (Phi) is 4.68. The highest BCUT2D eigenvalue weighted by molar-refractivity contribution is 5.80. The molecule has 0 radical (unpaired) electrons. The number of aromatic nitrogens is 2. The van der Waals surface area contributed by atoms with E-state index in [9.17, 15) is 0 Å². The van der Waals surface area contributed by atoms with Crippen LogP contribution >= 0.6 is 0 Å². The average molecular weight is 277 g/mol. The van der Waals surface area contributed by atoms with E-state index in [4.69, 9.17) is 0 Å². The molecule has 3 atom stereocenters. The van der Waals surface area contributed by atoms with Gasteiger partial charge in [-0.3, -0.25) is 9.67 Å². The number of aryl methyl sites for hydroxylation is 2. The molecule has 3 unspecified atom stereocenters. The summed E-state index contributed by atoms with van der Waals surface area (Å²) in [5.74, 6) is 2.20. The fraction of sp³-hybridized carbons (Fsp3) is 0.733. The second-order valence-corrected chi connectivity index (χ2v) is 6.13. The molecule has 20 heavy (non-hydrogen) atoms. The normalized spacial score (nSPS) is 23.6. The zero-order valence-corrected chi connectivity index (χ0v) is 13.3. The number of nitrogens with zero attached hydrogens (tertiary/aromatic N) is 3. The number of guanidine groups is 1. The van der Waals surface area contributed by atoms with Crippen molar-refractivity contribution < 1.29 is 0 Å². The lowest BCUT2D eigenvalue weighted by Gasteiger charge is -2.16. The summed E-state index contributed by atoms with van der Waals surface area (Å²) in [6.07, 6.45) is 1.25. The first-order chi connectivity index (χ1) is 9.49. The van der Waals surface area contributed by atoms with Crippen LogP contribution in [0.15, 0.2) is 11.1 Å². The highest BCUT2D eigenvalue weighted by atomic mass is 15.3. The molecule has 0 aromatic carbocycles. The Balaban J connectivity index is 1.76. The Morgan fingerprint density at radius 2 is 2.25 bits per heavy atom. The summed E-state index contributed by atoms with van der Waals surface area (Å²) in [7, 11) is 1.83. The molecule has 0 saturated heterocycles. The van der Waals surface area contributed by atoms with E-state index >= 15 is 0 Å². The van der Waals surface area contributed by atoms with Crippen LogP contribution < -0.4 is 10.6 Å². The van der Waals surface area contributed by atoms with Crippen LogP contribution in [0.4, 0.5) is 0 Å². The van der Waals surface area contributed by atoms with Gasteiger partial charge < -0.3 is 10.6 Å². The lowest BCUT2D eigenvalue weighted by Crippen LogP contribution is -2.41. The largest absolute Gasteiger partial charge is 0.356 e. The van der Waals surface area contributed by atoms with Gasteiger partial charge in [-0.1, -0.05) is 13.8 Å². The van der Waals surface area contributed by atoms with Crippen molar-refractivity contribution in [1.82, 2.24) is 20.4 Å². The van der Waals surface area contributed by atoms with Crippen LogP contribution in [-0.2, 0) is 6.54 Å². The Morgan fingerprint density at radius 3 is 2.75 bits per heavy atom. The Hall–Kier alpha value is -1.52. The monoisotopic (exact) mass is 277 g/mol. The lowest BCUT2D eigenvalue weighted by atomic mass is 10.2. The second-order valence-electron chi connectivity index (χ2n) is 6.13. The topological polar surface area (TPSA) is 54.2 Å². The van der Waals surface area contributed by atoms with Crippen LogP contribution in [0.5, 0.6) is 0 Å². The van der Waals surface area contributed by atoms with E-state index in [0.717, 1.165) is 30.7 Å². The third-order valence-electron chi connectivity index (χ3n) is 3.86. The molecule has 2 N–H and O–H groups in total. The van der Waals surface area contributed by atoms with Crippen molar-refractivity contribution in [1.29, 1.82) is 0 Å². The van der Waals surface area contributed by atoms with Gasteiger partial charge >= 0.3 is 0 Å². The fourth-order valence-corrected chi connectivity index (χ4v) is 2.38. The van der Waals surface area contributed by atoms with Crippen molar-refractivity contribution in [2.75, 3.05) is 13.6 Å². The van der Waals surface area contributed by atoms with Crippen LogP contribution in [0.1, 0.15) is 31.7 Å². The average Bonchev–Trinajstić information content (AvgIpc) is 2.99. The van der Waals surface area contributed by atoms with E-state index in [1.807, 2.05) is 14.0 Å². The number of hydrogen-bond acceptors (Lipinski definition) is 2. The first-order valence-electron chi connectivity index (χ1n) is 7.47. The molecule has 1 aliphatic carbocycles. The first-order valence-corrected chi connectivity index (χ1v) is 7.47. The van der Waals surface area contributed by atoms with E-state index in [2.05, 4.69) is 52.2 Å². The van der Waals surface area contributed by atoms with Crippen molar-refractivity contribution in [2.45, 2.75) is 46.7 Å². The molecule has 1 heterocycles. The Morgan fingerprint density at radius 1 is 1.55 bits per heavy atom. The van der Waals surface area contributed by atoms with E-state index in [1.165, 1.54) is 12.1 Å². The summed E-state index contributed by atoms with van der Waals surface area (Å²) < 4.78 is 2.08. The molecule has 2 rings (SSSR count). The molecule has 0 bridgehead atoms. The number of aliphatic imine (C=N–C) groups is 1. The molecule has 1 aromatic heterocycles. The number of hydrogen-bond donors (Lipinski definition) is 2. The van der Waals surface area contributed by atoms with Gasteiger partial charge in [-0.25, -0.2) is 0 Å². The summed E-state index contributed by atoms with van der Waals surface area (Å²) in [4.78, 5) is 4.28. The summed E-state index contributed by atoms with van der Waals surface area (Å²) in [6, 6.07) is 2.72. The van der Waals surface area contributed by atoms with Gasteiger partial charge in [-0.05, 0) is 38.2 Å². The maximum absolute atomic E-state index is 4.51. The number of rotatable bonds is 5. The zero-order valence-electron chi connectivity index (χ0n) is 13.3. The van der Waals surface area contributed by atoms with Gasteiger partial charge in [0.2, 0.25) is 0 Å². The molecule has 0 aliphatic heterocycles. The quantitative estimate of drug-likeness (QED) is 0.636. The maximum Gasteiger partial charge on any atom is 0.191 e. The standard InChI is InChI=1S/C15H27N5/c1-10(9-20-13(4)7-12(3)19-20)8-17-15(16-5)18-14-6-11(14)2/h7,10-11,14H,6,8-9H2,1-5H3,(H2,16,17,18). The molecular formula is C15H27N5. The summed E-state index contributed by atoms with van der Waals surface area (Å²) in [5, 5.41) is 11.4. The van der Waals surface area contributed by atoms with E-state index in [-0.39, 0.29) is 0 Å². The fourth-order valence-electron chi connectivity index (χ4n) is 2.38. The molecule has 1 fully saturated rings. The van der Waals surface area contributed by atoms with Crippen molar-refractivity contribution in [3.63, 3.8) is 0 Å². The van der Waals surface area contributed by atoms with Gasteiger partial charge in [0.25, 0.3) is 0 Å². The predicted octanol–water partition coefficient (Wildman–Crippen LogP) is 1.71. The first kappa shape index (κ1) is 14.9. The molecule has 5 nitrogen and oxygen atoms in total. The van der Waals surface area contributed by atoms with Crippen LogP contribution in [0.2, 0.25) is 0 Å². The molecule has 0 amide bonds. The van der Waals surface area contributed by atoms with Gasteiger partial charge in [0.05, 0.1) is 5.69 Å². The van der Waals surface area contributed by atoms with E-state index < -0.39 is 0 Å². The van der Waals surface area contributed by atoms with Crippen molar-refractivity contribution in [2.24, 2.45) is 16.8 Å². The van der Waals surface area contributed by atoms with Crippen LogP contribution in [0.3, 0.4) is 0 Å². The summed E-state index contributed by atoms with van der Waals surface area (Å²) in [6.45, 7) is 10.5. The summed E-state index contributed by atoms with van der Waals surface area (Å²) >= 11 is 0. The highest BCUT2D eigenvalue weighted by Crippen LogP contribution is 2.28. The molecule has 5 heteroatoms. The Bertz CT molecular complexity index is 477. The van der Waals surface area contributed by atoms with Gasteiger partial charge in [0.1, 0.15) is 0 Å². The third kappa shape index (κ3) is 3.99. The Labute approximate surface area is 121 Å². The van der Waals surface area contributed by atoms with Crippen molar-refractivity contribution >= 4 is 5.96 Å². The molecule has 1 aromatic rings. The summed E-state index contributed by atoms with van der Waals surface area (Å²) in [5.41, 5.74) is 2.31. The molecule has 1 saturated carbocycles. The van der Waals surface area contributed by atoms with Gasteiger partial charge in [-0.2, -0.15) is 5.10 Å². The minimum atomic E-state index is 0.503. The second kappa shape index (κ2) is 6.29. The van der Waals surface area contributed by atoms with Crippen LogP contribution in [0.25, 0.3) is 0 Å². The predicted molar refractivity (Wildman–Crippen MR) is 82.9 cm³/mol. The number of nitrogens with one attached hydrogen (secondary N) is 2. The molecule has 0 spiro atoms. The zero-order chi connectivity index (χ0) is 14.7.